The molecule has 0 saturated heterocycles. The molecule has 0 bridgehead atoms. The van der Waals surface area contributed by atoms with Gasteiger partial charge in [-0.05, 0) is 48.2 Å². The van der Waals surface area contributed by atoms with E-state index in [1.165, 1.54) is 0 Å². The molecule has 0 aliphatic heterocycles. The Labute approximate surface area is 150 Å². The van der Waals surface area contributed by atoms with E-state index in [0.29, 0.717) is 18.2 Å². The molecule has 0 saturated carbocycles. The van der Waals surface area contributed by atoms with Crippen molar-refractivity contribution in [2.24, 2.45) is 0 Å². The predicted molar refractivity (Wildman–Crippen MR) is 99.8 cm³/mol. The zero-order chi connectivity index (χ0) is 18.3. The second-order valence-corrected chi connectivity index (χ2v) is 8.82. The number of benzene rings is 2. The number of hydrogen-bond donors (Lipinski definition) is 0. The lowest BCUT2D eigenvalue weighted by atomic mass is 9.98. The Hall–Kier alpha value is -1.73. The minimum atomic E-state index is -2.58. The minimum absolute atomic E-state index is 0.288. The Kier molecular flexibility index (Phi) is 7.13. The molecular formula is C19H26O5Si. The van der Waals surface area contributed by atoms with Crippen molar-refractivity contribution in [3.05, 3.63) is 47.5 Å². The van der Waals surface area contributed by atoms with Gasteiger partial charge in [0, 0.05) is 27.4 Å². The summed E-state index contributed by atoms with van der Waals surface area (Å²) in [5.41, 5.74) is 1.71. The van der Waals surface area contributed by atoms with Gasteiger partial charge in [-0.15, -0.1) is 0 Å². The third kappa shape index (κ3) is 4.67. The Morgan fingerprint density at radius 3 is 2.36 bits per heavy atom. The van der Waals surface area contributed by atoms with E-state index in [0.717, 1.165) is 29.2 Å². The van der Waals surface area contributed by atoms with Gasteiger partial charge in [-0.3, -0.25) is 0 Å². The normalized spacial score (nSPS) is 11.7. The molecule has 0 aliphatic rings. The molecule has 0 aromatic heterocycles. The fourth-order valence-corrected chi connectivity index (χ4v) is 4.70. The molecule has 0 unspecified atom stereocenters. The molecule has 0 heterocycles. The number of rotatable bonds is 9. The summed E-state index contributed by atoms with van der Waals surface area (Å²) in [6.07, 6.45) is 1.65. The van der Waals surface area contributed by atoms with Crippen LogP contribution in [-0.2, 0) is 24.4 Å². The van der Waals surface area contributed by atoms with E-state index in [9.17, 15) is 4.79 Å². The Morgan fingerprint density at radius 1 is 1.04 bits per heavy atom. The van der Waals surface area contributed by atoms with Crippen LogP contribution < -0.4 is 0 Å². The highest BCUT2D eigenvalue weighted by Gasteiger charge is 2.36. The van der Waals surface area contributed by atoms with Crippen LogP contribution in [0.2, 0.25) is 6.04 Å². The van der Waals surface area contributed by atoms with Gasteiger partial charge >= 0.3 is 14.8 Å². The van der Waals surface area contributed by atoms with Crippen molar-refractivity contribution in [1.29, 1.82) is 0 Å². The lowest BCUT2D eigenvalue weighted by Gasteiger charge is -2.24. The van der Waals surface area contributed by atoms with Crippen LogP contribution in [0.4, 0.5) is 0 Å². The molecule has 2 aromatic carbocycles. The van der Waals surface area contributed by atoms with Crippen LogP contribution in [0.5, 0.6) is 0 Å². The van der Waals surface area contributed by atoms with Gasteiger partial charge < -0.3 is 18.0 Å². The zero-order valence-corrected chi connectivity index (χ0v) is 16.3. The van der Waals surface area contributed by atoms with Crippen molar-refractivity contribution in [1.82, 2.24) is 0 Å². The first-order valence-electron chi connectivity index (χ1n) is 8.43. The molecule has 0 amide bonds. The molecule has 5 nitrogen and oxygen atoms in total. The highest BCUT2D eigenvalue weighted by Crippen LogP contribution is 2.25. The summed E-state index contributed by atoms with van der Waals surface area (Å²) in [5.74, 6) is -0.288. The van der Waals surface area contributed by atoms with Crippen molar-refractivity contribution in [3.63, 3.8) is 0 Å². The molecule has 0 atom stereocenters. The van der Waals surface area contributed by atoms with Gasteiger partial charge in [-0.1, -0.05) is 24.3 Å². The summed E-state index contributed by atoms with van der Waals surface area (Å²) in [7, 11) is 2.28. The second kappa shape index (κ2) is 9.10. The summed E-state index contributed by atoms with van der Waals surface area (Å²) in [6, 6.07) is 12.6. The van der Waals surface area contributed by atoms with Crippen LogP contribution in [0.25, 0.3) is 10.8 Å². The number of fused-ring (bicyclic) bond motifs is 1. The number of carbonyl (C=O) groups excluding carboxylic acids is 1. The van der Waals surface area contributed by atoms with Gasteiger partial charge in [-0.2, -0.15) is 0 Å². The van der Waals surface area contributed by atoms with E-state index < -0.39 is 8.80 Å². The first kappa shape index (κ1) is 19.6. The van der Waals surface area contributed by atoms with Crippen LogP contribution >= 0.6 is 0 Å². The number of hydrogen-bond acceptors (Lipinski definition) is 5. The van der Waals surface area contributed by atoms with Crippen molar-refractivity contribution >= 4 is 25.5 Å². The monoisotopic (exact) mass is 362 g/mol. The fraction of sp³-hybridized carbons (Fsp3) is 0.421. The van der Waals surface area contributed by atoms with Crippen LogP contribution in [-0.4, -0.2) is 42.7 Å². The summed E-state index contributed by atoms with van der Waals surface area (Å²) in [6.45, 7) is 2.18. The van der Waals surface area contributed by atoms with E-state index >= 15 is 0 Å². The Morgan fingerprint density at radius 2 is 1.72 bits per heavy atom. The topological polar surface area (TPSA) is 54.0 Å². The summed E-state index contributed by atoms with van der Waals surface area (Å²) in [4.78, 5) is 12.1. The lowest BCUT2D eigenvalue weighted by Crippen LogP contribution is -2.42. The van der Waals surface area contributed by atoms with E-state index in [2.05, 4.69) is 6.07 Å². The number of carbonyl (C=O) groups is 1. The zero-order valence-electron chi connectivity index (χ0n) is 15.3. The van der Waals surface area contributed by atoms with Crippen molar-refractivity contribution < 1.29 is 22.8 Å². The molecule has 0 spiro atoms. The molecule has 0 radical (unpaired) electrons. The Balaban J connectivity index is 2.25. The third-order valence-corrected chi connectivity index (χ3v) is 7.15. The number of ether oxygens (including phenoxy) is 1. The number of esters is 1. The standard InChI is InChI=1S/C19H26O5Si/c1-5-24-19(20)17-13-15-9-6-7-11-18(15)16(14-17)10-8-12-25(21-2,22-3)23-4/h6-7,9,11,13-14H,5,8,10,12H2,1-4H3. The molecule has 25 heavy (non-hydrogen) atoms. The van der Waals surface area contributed by atoms with Crippen LogP contribution in [0.3, 0.4) is 0 Å². The van der Waals surface area contributed by atoms with Gasteiger partial charge in [0.2, 0.25) is 0 Å². The van der Waals surface area contributed by atoms with E-state index in [1.54, 1.807) is 21.3 Å². The summed E-state index contributed by atoms with van der Waals surface area (Å²) >= 11 is 0. The third-order valence-electron chi connectivity index (χ3n) is 4.32. The average Bonchev–Trinajstić information content (AvgIpc) is 2.65. The molecule has 2 rings (SSSR count). The largest absolute Gasteiger partial charge is 0.500 e. The van der Waals surface area contributed by atoms with Crippen molar-refractivity contribution in [2.45, 2.75) is 25.8 Å². The van der Waals surface area contributed by atoms with E-state index in [-0.39, 0.29) is 5.97 Å². The quantitative estimate of drug-likeness (QED) is 0.501. The average molecular weight is 362 g/mol. The lowest BCUT2D eigenvalue weighted by molar-refractivity contribution is 0.0526. The molecule has 0 N–H and O–H groups in total. The molecule has 0 aliphatic carbocycles. The fourth-order valence-electron chi connectivity index (χ4n) is 2.98. The first-order valence-corrected chi connectivity index (χ1v) is 10.4. The van der Waals surface area contributed by atoms with E-state index in [1.807, 2.05) is 37.3 Å². The highest BCUT2D eigenvalue weighted by atomic mass is 28.4. The van der Waals surface area contributed by atoms with E-state index in [4.69, 9.17) is 18.0 Å². The first-order chi connectivity index (χ1) is 12.1. The van der Waals surface area contributed by atoms with Gasteiger partial charge in [0.05, 0.1) is 12.2 Å². The Bertz CT molecular complexity index is 704. The van der Waals surface area contributed by atoms with Gasteiger partial charge in [0.25, 0.3) is 0 Å². The maximum atomic E-state index is 12.1. The van der Waals surface area contributed by atoms with Crippen molar-refractivity contribution in [3.8, 4) is 0 Å². The van der Waals surface area contributed by atoms with Gasteiger partial charge in [0.15, 0.2) is 0 Å². The second-order valence-electron chi connectivity index (χ2n) is 5.73. The number of aryl methyl sites for hydroxylation is 1. The minimum Gasteiger partial charge on any atom is -0.462 e. The molecule has 2 aromatic rings. The molecule has 6 heteroatoms. The van der Waals surface area contributed by atoms with Crippen molar-refractivity contribution in [2.75, 3.05) is 27.9 Å². The van der Waals surface area contributed by atoms with Crippen LogP contribution in [0.1, 0.15) is 29.3 Å². The summed E-state index contributed by atoms with van der Waals surface area (Å²) < 4.78 is 21.6. The van der Waals surface area contributed by atoms with Gasteiger partial charge in [0.1, 0.15) is 0 Å². The SMILES string of the molecule is CCOC(=O)c1cc(CCC[Si](OC)(OC)OC)c2ccccc2c1. The molecular weight excluding hydrogens is 336 g/mol. The van der Waals surface area contributed by atoms with Crippen LogP contribution in [0.15, 0.2) is 36.4 Å². The summed E-state index contributed by atoms with van der Waals surface area (Å²) in [5, 5.41) is 2.19. The highest BCUT2D eigenvalue weighted by molar-refractivity contribution is 6.60. The van der Waals surface area contributed by atoms with Crippen LogP contribution in [0, 0.1) is 0 Å². The predicted octanol–water partition coefficient (Wildman–Crippen LogP) is 3.83. The maximum Gasteiger partial charge on any atom is 0.500 e. The van der Waals surface area contributed by atoms with Gasteiger partial charge in [-0.25, -0.2) is 4.79 Å². The smallest absolute Gasteiger partial charge is 0.462 e. The maximum absolute atomic E-state index is 12.1. The molecule has 136 valence electrons. The molecule has 0 fully saturated rings.